The number of nitrogens with one attached hydrogen (secondary N) is 1. The van der Waals surface area contributed by atoms with Gasteiger partial charge in [-0.2, -0.15) is 0 Å². The predicted octanol–water partition coefficient (Wildman–Crippen LogP) is 0.120. The smallest absolute Gasteiger partial charge is 0.253 e. The molecule has 0 heterocycles. The maximum Gasteiger partial charge on any atom is 0.253 e. The van der Waals surface area contributed by atoms with Crippen LogP contribution in [-0.4, -0.2) is 18.4 Å². The first-order valence-corrected chi connectivity index (χ1v) is 4.94. The van der Waals surface area contributed by atoms with E-state index in [4.69, 9.17) is 11.5 Å². The molecule has 16 heavy (non-hydrogen) atoms. The fraction of sp³-hybridized carbons (Fsp3) is 0.273. The van der Waals surface area contributed by atoms with Gasteiger partial charge in [0.25, 0.3) is 5.91 Å². The van der Waals surface area contributed by atoms with E-state index in [1.165, 1.54) is 0 Å². The Labute approximate surface area is 93.8 Å². The van der Waals surface area contributed by atoms with Gasteiger partial charge in [0, 0.05) is 12.2 Å². The molecule has 0 fully saturated rings. The zero-order valence-electron chi connectivity index (χ0n) is 9.07. The Balaban J connectivity index is 2.60. The van der Waals surface area contributed by atoms with Gasteiger partial charge in [-0.25, -0.2) is 0 Å². The van der Waals surface area contributed by atoms with Crippen LogP contribution in [0.5, 0.6) is 0 Å². The fourth-order valence-corrected chi connectivity index (χ4v) is 1.15. The monoisotopic (exact) mass is 221 g/mol. The minimum atomic E-state index is -0.443. The van der Waals surface area contributed by atoms with Crippen LogP contribution in [0, 0.1) is 5.92 Å². The van der Waals surface area contributed by atoms with Crippen LogP contribution in [0.3, 0.4) is 0 Å². The molecule has 86 valence electrons. The molecule has 5 heteroatoms. The average Bonchev–Trinajstić information content (AvgIpc) is 2.25. The van der Waals surface area contributed by atoms with Gasteiger partial charge in [-0.15, -0.1) is 0 Å². The van der Waals surface area contributed by atoms with E-state index in [9.17, 15) is 9.59 Å². The Hall–Kier alpha value is -2.04. The number of nitrogens with two attached hydrogens (primary N) is 2. The van der Waals surface area contributed by atoms with Gasteiger partial charge in [-0.3, -0.25) is 9.59 Å². The van der Waals surface area contributed by atoms with Crippen molar-refractivity contribution in [1.29, 1.82) is 0 Å². The number of hydrogen-bond donors (Lipinski definition) is 3. The van der Waals surface area contributed by atoms with Crippen LogP contribution in [0.25, 0.3) is 0 Å². The van der Waals surface area contributed by atoms with Crippen LogP contribution in [0.15, 0.2) is 24.3 Å². The zero-order chi connectivity index (χ0) is 12.1. The number of carbonyl (C=O) groups excluding carboxylic acids is 2. The molecule has 1 aromatic carbocycles. The highest BCUT2D eigenvalue weighted by Gasteiger charge is 2.12. The Bertz CT molecular complexity index is 404. The van der Waals surface area contributed by atoms with Gasteiger partial charge in [-0.05, 0) is 12.1 Å². The molecule has 0 radical (unpaired) electrons. The number of benzene rings is 1. The summed E-state index contributed by atoms with van der Waals surface area (Å²) in [4.78, 5) is 22.4. The third-order valence-corrected chi connectivity index (χ3v) is 2.26. The van der Waals surface area contributed by atoms with Gasteiger partial charge >= 0.3 is 0 Å². The van der Waals surface area contributed by atoms with Gasteiger partial charge < -0.3 is 16.8 Å². The number of anilines is 1. The lowest BCUT2D eigenvalue weighted by Gasteiger charge is -2.10. The molecule has 0 spiro atoms. The number of carbonyl (C=O) groups is 2. The van der Waals surface area contributed by atoms with E-state index in [1.807, 2.05) is 0 Å². The zero-order valence-corrected chi connectivity index (χ0v) is 9.07. The molecular weight excluding hydrogens is 206 g/mol. The normalized spacial score (nSPS) is 11.8. The van der Waals surface area contributed by atoms with E-state index in [2.05, 4.69) is 5.32 Å². The summed E-state index contributed by atoms with van der Waals surface area (Å²) in [6.07, 6.45) is 0. The largest absolute Gasteiger partial charge is 0.398 e. The van der Waals surface area contributed by atoms with E-state index in [0.717, 1.165) is 0 Å². The molecule has 2 amide bonds. The van der Waals surface area contributed by atoms with Crippen LogP contribution in [-0.2, 0) is 4.79 Å². The Morgan fingerprint density at radius 1 is 1.38 bits per heavy atom. The molecule has 0 bridgehead atoms. The predicted molar refractivity (Wildman–Crippen MR) is 61.5 cm³/mol. The van der Waals surface area contributed by atoms with Crippen LogP contribution in [0.4, 0.5) is 5.69 Å². The molecule has 0 aliphatic carbocycles. The summed E-state index contributed by atoms with van der Waals surface area (Å²) < 4.78 is 0. The van der Waals surface area contributed by atoms with Crippen LogP contribution < -0.4 is 16.8 Å². The molecular formula is C11H15N3O2. The van der Waals surface area contributed by atoms with Crippen LogP contribution in [0.2, 0.25) is 0 Å². The van der Waals surface area contributed by atoms with E-state index < -0.39 is 11.8 Å². The molecule has 1 rings (SSSR count). The van der Waals surface area contributed by atoms with E-state index in [1.54, 1.807) is 31.2 Å². The minimum Gasteiger partial charge on any atom is -0.398 e. The third kappa shape index (κ3) is 2.98. The number of para-hydroxylation sites is 1. The summed E-state index contributed by atoms with van der Waals surface area (Å²) in [6, 6.07) is 6.74. The summed E-state index contributed by atoms with van der Waals surface area (Å²) in [5.41, 5.74) is 11.5. The van der Waals surface area contributed by atoms with Gasteiger partial charge in [-0.1, -0.05) is 19.1 Å². The molecule has 0 aromatic heterocycles. The lowest BCUT2D eigenvalue weighted by atomic mass is 10.1. The van der Waals surface area contributed by atoms with Crippen molar-refractivity contribution in [2.45, 2.75) is 6.92 Å². The summed E-state index contributed by atoms with van der Waals surface area (Å²) in [6.45, 7) is 1.86. The number of nitrogen functional groups attached to an aromatic ring is 1. The summed E-state index contributed by atoms with van der Waals surface area (Å²) in [5, 5.41) is 2.60. The maximum atomic E-state index is 11.6. The highest BCUT2D eigenvalue weighted by molar-refractivity contribution is 5.99. The Kier molecular flexibility index (Phi) is 3.88. The summed E-state index contributed by atoms with van der Waals surface area (Å²) >= 11 is 0. The highest BCUT2D eigenvalue weighted by atomic mass is 16.2. The summed E-state index contributed by atoms with van der Waals surface area (Å²) in [7, 11) is 0. The third-order valence-electron chi connectivity index (χ3n) is 2.26. The lowest BCUT2D eigenvalue weighted by molar-refractivity contribution is -0.121. The van der Waals surface area contributed by atoms with Crippen molar-refractivity contribution in [2.24, 2.45) is 11.7 Å². The molecule has 1 atom stereocenters. The van der Waals surface area contributed by atoms with E-state index >= 15 is 0 Å². The summed E-state index contributed by atoms with van der Waals surface area (Å²) in [5.74, 6) is -1.14. The maximum absolute atomic E-state index is 11.6. The van der Waals surface area contributed by atoms with Crippen molar-refractivity contribution in [3.05, 3.63) is 29.8 Å². The number of rotatable bonds is 4. The molecule has 5 N–H and O–H groups in total. The van der Waals surface area contributed by atoms with E-state index in [-0.39, 0.29) is 12.5 Å². The van der Waals surface area contributed by atoms with Crippen molar-refractivity contribution in [2.75, 3.05) is 12.3 Å². The first kappa shape index (κ1) is 12.0. The molecule has 0 unspecified atom stereocenters. The second kappa shape index (κ2) is 5.16. The highest BCUT2D eigenvalue weighted by Crippen LogP contribution is 2.09. The van der Waals surface area contributed by atoms with Crippen molar-refractivity contribution < 1.29 is 9.59 Å². The molecule has 0 aliphatic heterocycles. The van der Waals surface area contributed by atoms with Gasteiger partial charge in [0.15, 0.2) is 0 Å². The molecule has 0 saturated heterocycles. The van der Waals surface area contributed by atoms with Gasteiger partial charge in [0.2, 0.25) is 5.91 Å². The number of amides is 2. The molecule has 0 aliphatic rings. The van der Waals surface area contributed by atoms with Crippen molar-refractivity contribution in [3.8, 4) is 0 Å². The van der Waals surface area contributed by atoms with Crippen molar-refractivity contribution >= 4 is 17.5 Å². The van der Waals surface area contributed by atoms with Gasteiger partial charge in [0.1, 0.15) is 0 Å². The second-order valence-electron chi connectivity index (χ2n) is 3.60. The fourth-order valence-electron chi connectivity index (χ4n) is 1.15. The Morgan fingerprint density at radius 3 is 2.56 bits per heavy atom. The Morgan fingerprint density at radius 2 is 2.00 bits per heavy atom. The first-order chi connectivity index (χ1) is 7.52. The number of primary amides is 1. The van der Waals surface area contributed by atoms with E-state index in [0.29, 0.717) is 11.3 Å². The van der Waals surface area contributed by atoms with Crippen molar-refractivity contribution in [1.82, 2.24) is 5.32 Å². The topological polar surface area (TPSA) is 98.2 Å². The minimum absolute atomic E-state index is 0.211. The van der Waals surface area contributed by atoms with Crippen LogP contribution >= 0.6 is 0 Å². The standard InChI is InChI=1S/C11H15N3O2/c1-7(10(13)15)6-14-11(16)8-4-2-3-5-9(8)12/h2-5,7H,6,12H2,1H3,(H2,13,15)(H,14,16)/t7-/m0/s1. The molecule has 0 saturated carbocycles. The molecule has 1 aromatic rings. The van der Waals surface area contributed by atoms with Crippen LogP contribution in [0.1, 0.15) is 17.3 Å². The number of hydrogen-bond acceptors (Lipinski definition) is 3. The second-order valence-corrected chi connectivity index (χ2v) is 3.60. The van der Waals surface area contributed by atoms with Gasteiger partial charge in [0.05, 0.1) is 11.5 Å². The SMILES string of the molecule is C[C@@H](CNC(=O)c1ccccc1N)C(N)=O. The quantitative estimate of drug-likeness (QED) is 0.630. The average molecular weight is 221 g/mol. The lowest BCUT2D eigenvalue weighted by Crippen LogP contribution is -2.34. The molecule has 5 nitrogen and oxygen atoms in total. The first-order valence-electron chi connectivity index (χ1n) is 4.94. The van der Waals surface area contributed by atoms with Crippen molar-refractivity contribution in [3.63, 3.8) is 0 Å².